The van der Waals surface area contributed by atoms with Crippen LogP contribution in [0, 0.1) is 0 Å². The number of thioether (sulfide) groups is 1. The first kappa shape index (κ1) is 17.1. The Balaban J connectivity index is 1.48. The molecule has 2 aromatic carbocycles. The van der Waals surface area contributed by atoms with Crippen LogP contribution in [-0.4, -0.2) is 30.3 Å². The van der Waals surface area contributed by atoms with Gasteiger partial charge in [-0.2, -0.15) is 0 Å². The molecular weight excluding hydrogens is 348 g/mol. The second-order valence-corrected chi connectivity index (χ2v) is 7.51. The van der Waals surface area contributed by atoms with Gasteiger partial charge in [0.05, 0.1) is 11.7 Å². The molecule has 0 bridgehead atoms. The van der Waals surface area contributed by atoms with E-state index in [2.05, 4.69) is 10.6 Å². The zero-order valence-corrected chi connectivity index (χ0v) is 15.1. The molecule has 0 radical (unpaired) electrons. The second-order valence-electron chi connectivity index (χ2n) is 6.45. The van der Waals surface area contributed by atoms with Crippen LogP contribution in [0.25, 0.3) is 0 Å². The topological polar surface area (TPSA) is 67.4 Å². The summed E-state index contributed by atoms with van der Waals surface area (Å²) in [4.78, 5) is 25.5. The van der Waals surface area contributed by atoms with Gasteiger partial charge in [-0.3, -0.25) is 9.59 Å². The van der Waals surface area contributed by atoms with Crippen molar-refractivity contribution in [2.75, 3.05) is 17.7 Å². The van der Waals surface area contributed by atoms with E-state index < -0.39 is 0 Å². The number of rotatable bonds is 5. The minimum absolute atomic E-state index is 0.0939. The molecule has 0 saturated carbocycles. The fourth-order valence-electron chi connectivity index (χ4n) is 3.23. The highest BCUT2D eigenvalue weighted by Gasteiger charge is 2.20. The van der Waals surface area contributed by atoms with E-state index in [1.807, 2.05) is 36.4 Å². The molecule has 1 atom stereocenters. The number of hydrogen-bond donors (Lipinski definition) is 2. The number of ether oxygens (including phenoxy) is 1. The van der Waals surface area contributed by atoms with Crippen molar-refractivity contribution in [3.05, 3.63) is 59.2 Å². The lowest BCUT2D eigenvalue weighted by Crippen LogP contribution is -2.15. The van der Waals surface area contributed by atoms with Gasteiger partial charge in [-0.05, 0) is 42.7 Å². The first-order valence-electron chi connectivity index (χ1n) is 8.76. The molecule has 2 amide bonds. The van der Waals surface area contributed by atoms with E-state index in [-0.39, 0.29) is 17.9 Å². The standard InChI is InChI=1S/C20H20N2O3S/c23-19-17-10-14(8-7-13(17)11-21-19)22-20(24)16-5-1-2-6-18(16)26-12-15-4-3-9-25-15/h1-2,5-8,10,15H,3-4,9,11-12H2,(H,21,23)(H,22,24). The Morgan fingerprint density at radius 1 is 1.27 bits per heavy atom. The van der Waals surface area contributed by atoms with Crippen LogP contribution in [0.5, 0.6) is 0 Å². The van der Waals surface area contributed by atoms with E-state index in [9.17, 15) is 9.59 Å². The van der Waals surface area contributed by atoms with E-state index in [1.165, 1.54) is 0 Å². The number of benzene rings is 2. The largest absolute Gasteiger partial charge is 0.377 e. The van der Waals surface area contributed by atoms with Crippen molar-refractivity contribution >= 4 is 29.3 Å². The van der Waals surface area contributed by atoms with Crippen LogP contribution in [-0.2, 0) is 11.3 Å². The van der Waals surface area contributed by atoms with Crippen molar-refractivity contribution in [3.63, 3.8) is 0 Å². The van der Waals surface area contributed by atoms with Crippen molar-refractivity contribution in [2.45, 2.75) is 30.4 Å². The number of anilines is 1. The van der Waals surface area contributed by atoms with Gasteiger partial charge in [0.1, 0.15) is 0 Å². The van der Waals surface area contributed by atoms with Crippen molar-refractivity contribution in [3.8, 4) is 0 Å². The summed E-state index contributed by atoms with van der Waals surface area (Å²) in [5, 5.41) is 5.70. The normalized spacial score (nSPS) is 18.5. The van der Waals surface area contributed by atoms with Gasteiger partial charge in [0.15, 0.2) is 0 Å². The third-order valence-corrected chi connectivity index (χ3v) is 5.84. The smallest absolute Gasteiger partial charge is 0.256 e. The molecular formula is C20H20N2O3S. The van der Waals surface area contributed by atoms with E-state index >= 15 is 0 Å². The maximum atomic E-state index is 12.8. The molecule has 1 unspecified atom stereocenters. The fourth-order valence-corrected chi connectivity index (χ4v) is 4.35. The van der Waals surface area contributed by atoms with Crippen LogP contribution < -0.4 is 10.6 Å². The van der Waals surface area contributed by atoms with Crippen LogP contribution in [0.3, 0.4) is 0 Å². The van der Waals surface area contributed by atoms with Crippen molar-refractivity contribution in [2.24, 2.45) is 0 Å². The molecule has 2 heterocycles. The number of hydrogen-bond acceptors (Lipinski definition) is 4. The van der Waals surface area contributed by atoms with Crippen LogP contribution in [0.2, 0.25) is 0 Å². The molecule has 5 nitrogen and oxygen atoms in total. The first-order valence-corrected chi connectivity index (χ1v) is 9.75. The van der Waals surface area contributed by atoms with E-state index in [1.54, 1.807) is 17.8 Å². The summed E-state index contributed by atoms with van der Waals surface area (Å²) in [5.41, 5.74) is 2.86. The maximum absolute atomic E-state index is 12.8. The zero-order valence-electron chi connectivity index (χ0n) is 14.3. The molecule has 1 saturated heterocycles. The summed E-state index contributed by atoms with van der Waals surface area (Å²) in [5.74, 6) is 0.589. The Hall–Kier alpha value is -2.31. The Labute approximate surface area is 156 Å². The minimum Gasteiger partial charge on any atom is -0.377 e. The quantitative estimate of drug-likeness (QED) is 0.793. The minimum atomic E-state index is -0.168. The summed E-state index contributed by atoms with van der Waals surface area (Å²) >= 11 is 1.65. The maximum Gasteiger partial charge on any atom is 0.256 e. The third kappa shape index (κ3) is 3.61. The molecule has 0 aromatic heterocycles. The van der Waals surface area contributed by atoms with Crippen molar-refractivity contribution in [1.29, 1.82) is 0 Å². The lowest BCUT2D eigenvalue weighted by Gasteiger charge is -2.12. The number of amides is 2. The number of fused-ring (bicyclic) bond motifs is 1. The lowest BCUT2D eigenvalue weighted by atomic mass is 10.1. The highest BCUT2D eigenvalue weighted by Crippen LogP contribution is 2.28. The van der Waals surface area contributed by atoms with Gasteiger partial charge in [-0.25, -0.2) is 0 Å². The Morgan fingerprint density at radius 3 is 3.00 bits per heavy atom. The fraction of sp³-hybridized carbons (Fsp3) is 0.300. The highest BCUT2D eigenvalue weighted by molar-refractivity contribution is 7.99. The van der Waals surface area contributed by atoms with Gasteiger partial charge < -0.3 is 15.4 Å². The molecule has 134 valence electrons. The predicted molar refractivity (Wildman–Crippen MR) is 102 cm³/mol. The Bertz CT molecular complexity index is 847. The van der Waals surface area contributed by atoms with Crippen molar-refractivity contribution < 1.29 is 14.3 Å². The lowest BCUT2D eigenvalue weighted by molar-refractivity contribution is 0.0964. The summed E-state index contributed by atoms with van der Waals surface area (Å²) in [6.07, 6.45) is 2.46. The Morgan fingerprint density at radius 2 is 2.15 bits per heavy atom. The number of nitrogens with one attached hydrogen (secondary N) is 2. The van der Waals surface area contributed by atoms with Gasteiger partial charge in [-0.1, -0.05) is 18.2 Å². The molecule has 1 fully saturated rings. The third-order valence-electron chi connectivity index (χ3n) is 4.63. The molecule has 6 heteroatoms. The SMILES string of the molecule is O=C1NCc2ccc(NC(=O)c3ccccc3SCC3CCCO3)cc21. The monoisotopic (exact) mass is 368 g/mol. The van der Waals surface area contributed by atoms with Gasteiger partial charge in [0.2, 0.25) is 0 Å². The number of carbonyl (C=O) groups is 2. The van der Waals surface area contributed by atoms with Crippen LogP contribution in [0.4, 0.5) is 5.69 Å². The van der Waals surface area contributed by atoms with Gasteiger partial charge in [0.25, 0.3) is 11.8 Å². The molecule has 2 N–H and O–H groups in total. The molecule has 2 aliphatic rings. The molecule has 2 aromatic rings. The average molecular weight is 368 g/mol. The molecule has 0 spiro atoms. The summed E-state index contributed by atoms with van der Waals surface area (Å²) in [7, 11) is 0. The summed E-state index contributed by atoms with van der Waals surface area (Å²) in [6.45, 7) is 1.38. The summed E-state index contributed by atoms with van der Waals surface area (Å²) in [6, 6.07) is 13.0. The van der Waals surface area contributed by atoms with Gasteiger partial charge >= 0.3 is 0 Å². The molecule has 0 aliphatic carbocycles. The summed E-state index contributed by atoms with van der Waals surface area (Å²) < 4.78 is 5.66. The first-order chi connectivity index (χ1) is 12.7. The van der Waals surface area contributed by atoms with Crippen LogP contribution >= 0.6 is 11.8 Å². The highest BCUT2D eigenvalue weighted by atomic mass is 32.2. The average Bonchev–Trinajstić information content (AvgIpc) is 3.30. The number of carbonyl (C=O) groups excluding carboxylic acids is 2. The van der Waals surface area contributed by atoms with Gasteiger partial charge in [0, 0.05) is 35.1 Å². The Kier molecular flexibility index (Phi) is 4.95. The van der Waals surface area contributed by atoms with Crippen molar-refractivity contribution in [1.82, 2.24) is 5.32 Å². The molecule has 4 rings (SSSR count). The van der Waals surface area contributed by atoms with Gasteiger partial charge in [-0.15, -0.1) is 11.8 Å². The van der Waals surface area contributed by atoms with Crippen LogP contribution in [0.15, 0.2) is 47.4 Å². The second kappa shape index (κ2) is 7.51. The molecule has 26 heavy (non-hydrogen) atoms. The van der Waals surface area contributed by atoms with Crippen LogP contribution in [0.1, 0.15) is 39.1 Å². The predicted octanol–water partition coefficient (Wildman–Crippen LogP) is 3.45. The van der Waals surface area contributed by atoms with E-state index in [0.717, 1.165) is 35.7 Å². The van der Waals surface area contributed by atoms with E-state index in [4.69, 9.17) is 4.74 Å². The zero-order chi connectivity index (χ0) is 17.9. The van der Waals surface area contributed by atoms with E-state index in [0.29, 0.717) is 23.4 Å². The molecule has 2 aliphatic heterocycles.